The Bertz CT molecular complexity index is 484. The lowest BCUT2D eigenvalue weighted by Crippen LogP contribution is -2.45. The van der Waals surface area contributed by atoms with Gasteiger partial charge in [-0.25, -0.2) is 4.79 Å². The minimum absolute atomic E-state index is 0.0925. The van der Waals surface area contributed by atoms with Gasteiger partial charge in [0.15, 0.2) is 0 Å². The molecule has 24 heavy (non-hydrogen) atoms. The van der Waals surface area contributed by atoms with Gasteiger partial charge in [0.2, 0.25) is 0 Å². The lowest BCUT2D eigenvalue weighted by molar-refractivity contribution is 0.132. The molecule has 6 nitrogen and oxygen atoms in total. The smallest absolute Gasteiger partial charge is 0.315 e. The highest BCUT2D eigenvalue weighted by Crippen LogP contribution is 2.10. The topological polar surface area (TPSA) is 67.8 Å². The molecule has 0 saturated carbocycles. The Balaban J connectivity index is 1.70. The first kappa shape index (κ1) is 18.7. The first-order chi connectivity index (χ1) is 11.7. The molecule has 0 bridgehead atoms. The number of benzene rings is 1. The van der Waals surface area contributed by atoms with Crippen molar-refractivity contribution in [3.05, 3.63) is 35.4 Å². The molecule has 1 fully saturated rings. The van der Waals surface area contributed by atoms with E-state index in [2.05, 4.69) is 51.6 Å². The fraction of sp³-hybridized carbons (Fsp3) is 0.611. The number of likely N-dealkylation sites (N-methyl/N-ethyl adjacent to an activating group) is 1. The van der Waals surface area contributed by atoms with Crippen molar-refractivity contribution in [3.63, 3.8) is 0 Å². The van der Waals surface area contributed by atoms with Crippen LogP contribution < -0.4 is 10.6 Å². The van der Waals surface area contributed by atoms with Crippen molar-refractivity contribution < 1.29 is 9.90 Å². The third kappa shape index (κ3) is 6.47. The van der Waals surface area contributed by atoms with E-state index in [1.165, 1.54) is 5.56 Å². The molecule has 2 amide bonds. The summed E-state index contributed by atoms with van der Waals surface area (Å²) in [6.07, 6.45) is 0.578. The predicted molar refractivity (Wildman–Crippen MR) is 95.8 cm³/mol. The highest BCUT2D eigenvalue weighted by Gasteiger charge is 2.15. The summed E-state index contributed by atoms with van der Waals surface area (Å²) in [6.45, 7) is 10.0. The fourth-order valence-electron chi connectivity index (χ4n) is 2.81. The zero-order valence-corrected chi connectivity index (χ0v) is 14.6. The highest BCUT2D eigenvalue weighted by atomic mass is 16.3. The van der Waals surface area contributed by atoms with Gasteiger partial charge < -0.3 is 20.6 Å². The Morgan fingerprint density at radius 2 is 1.67 bits per heavy atom. The molecule has 134 valence electrons. The largest absolute Gasteiger partial charge is 0.396 e. The Kier molecular flexibility index (Phi) is 8.01. The van der Waals surface area contributed by atoms with E-state index in [4.69, 9.17) is 5.11 Å². The molecule has 1 aliphatic heterocycles. The number of rotatable bonds is 8. The average Bonchev–Trinajstić information content (AvgIpc) is 2.62. The van der Waals surface area contributed by atoms with Crippen LogP contribution in [0.1, 0.15) is 24.5 Å². The SMILES string of the molecule is CCN1CCN(Cc2ccc(CNC(=O)NCCCO)cc2)CC1. The summed E-state index contributed by atoms with van der Waals surface area (Å²) in [7, 11) is 0. The van der Waals surface area contributed by atoms with Gasteiger partial charge in [-0.2, -0.15) is 0 Å². The number of carbonyl (C=O) groups excluding carboxylic acids is 1. The first-order valence-corrected chi connectivity index (χ1v) is 8.86. The van der Waals surface area contributed by atoms with Crippen LogP contribution in [-0.4, -0.2) is 66.8 Å². The number of hydrogen-bond donors (Lipinski definition) is 3. The molecular formula is C18H30N4O2. The van der Waals surface area contributed by atoms with Crippen LogP contribution in [0.4, 0.5) is 4.79 Å². The summed E-state index contributed by atoms with van der Waals surface area (Å²) in [4.78, 5) is 16.5. The van der Waals surface area contributed by atoms with E-state index >= 15 is 0 Å². The van der Waals surface area contributed by atoms with Crippen LogP contribution in [0.3, 0.4) is 0 Å². The van der Waals surface area contributed by atoms with Gasteiger partial charge in [0, 0.05) is 52.4 Å². The van der Waals surface area contributed by atoms with Gasteiger partial charge in [0.1, 0.15) is 0 Å². The molecular weight excluding hydrogens is 304 g/mol. The summed E-state index contributed by atoms with van der Waals surface area (Å²) >= 11 is 0. The number of nitrogens with zero attached hydrogens (tertiary/aromatic N) is 2. The Labute approximate surface area is 144 Å². The lowest BCUT2D eigenvalue weighted by Gasteiger charge is -2.34. The van der Waals surface area contributed by atoms with Gasteiger partial charge in [-0.05, 0) is 24.1 Å². The third-order valence-electron chi connectivity index (χ3n) is 4.41. The molecule has 1 heterocycles. The summed E-state index contributed by atoms with van der Waals surface area (Å²) in [5.74, 6) is 0. The number of nitrogens with one attached hydrogen (secondary N) is 2. The number of amides is 2. The van der Waals surface area contributed by atoms with Crippen molar-refractivity contribution in [2.45, 2.75) is 26.4 Å². The van der Waals surface area contributed by atoms with Crippen LogP contribution in [-0.2, 0) is 13.1 Å². The predicted octanol–water partition coefficient (Wildman–Crippen LogP) is 1.01. The van der Waals surface area contributed by atoms with E-state index < -0.39 is 0 Å². The molecule has 1 aliphatic rings. The number of piperazine rings is 1. The molecule has 1 aromatic carbocycles. The van der Waals surface area contributed by atoms with Crippen LogP contribution in [0.15, 0.2) is 24.3 Å². The van der Waals surface area contributed by atoms with Crippen LogP contribution in [0.25, 0.3) is 0 Å². The summed E-state index contributed by atoms with van der Waals surface area (Å²) in [5.41, 5.74) is 2.41. The van der Waals surface area contributed by atoms with Crippen molar-refractivity contribution >= 4 is 6.03 Å². The van der Waals surface area contributed by atoms with Crippen molar-refractivity contribution in [1.29, 1.82) is 0 Å². The summed E-state index contributed by atoms with van der Waals surface area (Å²) < 4.78 is 0. The molecule has 0 aliphatic carbocycles. The molecule has 2 rings (SSSR count). The van der Waals surface area contributed by atoms with Crippen molar-refractivity contribution in [2.75, 3.05) is 45.9 Å². The first-order valence-electron chi connectivity index (χ1n) is 8.86. The van der Waals surface area contributed by atoms with Gasteiger partial charge in [0.25, 0.3) is 0 Å². The average molecular weight is 334 g/mol. The number of hydrogen-bond acceptors (Lipinski definition) is 4. The third-order valence-corrected chi connectivity index (χ3v) is 4.41. The molecule has 0 unspecified atom stereocenters. The zero-order valence-electron chi connectivity index (χ0n) is 14.6. The van der Waals surface area contributed by atoms with Crippen molar-refractivity contribution in [2.24, 2.45) is 0 Å². The second kappa shape index (κ2) is 10.3. The van der Waals surface area contributed by atoms with E-state index in [9.17, 15) is 4.79 Å². The highest BCUT2D eigenvalue weighted by molar-refractivity contribution is 5.73. The minimum atomic E-state index is -0.193. The van der Waals surface area contributed by atoms with Crippen LogP contribution in [0, 0.1) is 0 Å². The number of urea groups is 1. The van der Waals surface area contributed by atoms with Gasteiger partial charge in [-0.15, -0.1) is 0 Å². The van der Waals surface area contributed by atoms with Gasteiger partial charge in [-0.3, -0.25) is 4.90 Å². The van der Waals surface area contributed by atoms with Gasteiger partial charge in [-0.1, -0.05) is 31.2 Å². The monoisotopic (exact) mass is 334 g/mol. The van der Waals surface area contributed by atoms with Crippen LogP contribution in [0.2, 0.25) is 0 Å². The maximum Gasteiger partial charge on any atom is 0.315 e. The van der Waals surface area contributed by atoms with E-state index in [0.29, 0.717) is 19.5 Å². The zero-order chi connectivity index (χ0) is 17.2. The molecule has 0 radical (unpaired) electrons. The van der Waals surface area contributed by atoms with Crippen LogP contribution in [0.5, 0.6) is 0 Å². The molecule has 0 spiro atoms. The van der Waals surface area contributed by atoms with E-state index in [0.717, 1.165) is 44.8 Å². The number of aliphatic hydroxyl groups excluding tert-OH is 1. The van der Waals surface area contributed by atoms with Crippen molar-refractivity contribution in [3.8, 4) is 0 Å². The summed E-state index contributed by atoms with van der Waals surface area (Å²) in [5, 5.41) is 14.2. The molecule has 0 aromatic heterocycles. The molecule has 1 aromatic rings. The normalized spacial score (nSPS) is 16.1. The van der Waals surface area contributed by atoms with E-state index in [1.807, 2.05) is 0 Å². The Hall–Kier alpha value is -1.63. The molecule has 1 saturated heterocycles. The van der Waals surface area contributed by atoms with Gasteiger partial charge >= 0.3 is 6.03 Å². The molecule has 3 N–H and O–H groups in total. The summed E-state index contributed by atoms with van der Waals surface area (Å²) in [6, 6.07) is 8.25. The van der Waals surface area contributed by atoms with Crippen molar-refractivity contribution in [1.82, 2.24) is 20.4 Å². The fourth-order valence-corrected chi connectivity index (χ4v) is 2.81. The Morgan fingerprint density at radius 1 is 1.04 bits per heavy atom. The second-order valence-corrected chi connectivity index (χ2v) is 6.21. The van der Waals surface area contributed by atoms with Crippen LogP contribution >= 0.6 is 0 Å². The molecule has 0 atom stereocenters. The second-order valence-electron chi connectivity index (χ2n) is 6.21. The van der Waals surface area contributed by atoms with Gasteiger partial charge in [0.05, 0.1) is 0 Å². The maximum atomic E-state index is 11.6. The molecule has 6 heteroatoms. The number of carbonyl (C=O) groups is 1. The quantitative estimate of drug-likeness (QED) is 0.621. The van der Waals surface area contributed by atoms with E-state index in [-0.39, 0.29) is 12.6 Å². The minimum Gasteiger partial charge on any atom is -0.396 e. The van der Waals surface area contributed by atoms with E-state index in [1.54, 1.807) is 0 Å². The lowest BCUT2D eigenvalue weighted by atomic mass is 10.1. The maximum absolute atomic E-state index is 11.6. The number of aliphatic hydroxyl groups is 1. The Morgan fingerprint density at radius 3 is 2.29 bits per heavy atom. The standard InChI is InChI=1S/C18H30N4O2/c1-2-21-9-11-22(12-10-21)15-17-6-4-16(5-7-17)14-20-18(24)19-8-3-13-23/h4-7,23H,2-3,8-15H2,1H3,(H2,19,20,24).